The van der Waals surface area contributed by atoms with Crippen molar-refractivity contribution in [2.45, 2.75) is 239 Å². The van der Waals surface area contributed by atoms with Crippen molar-refractivity contribution in [3.05, 3.63) is 36.5 Å². The quantitative estimate of drug-likeness (QED) is 0.0267. The van der Waals surface area contributed by atoms with E-state index in [1.54, 1.807) is 0 Å². The van der Waals surface area contributed by atoms with Gasteiger partial charge in [0, 0.05) is 19.3 Å². The highest BCUT2D eigenvalue weighted by Crippen LogP contribution is 2.13. The van der Waals surface area contributed by atoms with Crippen LogP contribution in [0.1, 0.15) is 233 Å². The fraction of sp³-hybridized carbons (Fsp3) is 0.812. The first-order chi connectivity index (χ1) is 26.5. The van der Waals surface area contributed by atoms with Gasteiger partial charge in [-0.3, -0.25) is 14.4 Å². The number of unbranched alkanes of at least 4 members (excludes halogenated alkanes) is 24. The molecule has 0 aromatic carbocycles. The lowest BCUT2D eigenvalue weighted by Crippen LogP contribution is -2.30. The van der Waals surface area contributed by atoms with Crippen LogP contribution in [0.25, 0.3) is 0 Å². The predicted molar refractivity (Wildman–Crippen MR) is 229 cm³/mol. The Morgan fingerprint density at radius 3 is 1.04 bits per heavy atom. The predicted octanol–water partition coefficient (Wildman–Crippen LogP) is 14.6. The van der Waals surface area contributed by atoms with E-state index in [-0.39, 0.29) is 31.1 Å². The zero-order valence-electron chi connectivity index (χ0n) is 35.7. The number of hydrogen-bond donors (Lipinski definition) is 0. The molecule has 0 rings (SSSR count). The molecule has 0 fully saturated rings. The van der Waals surface area contributed by atoms with E-state index in [4.69, 9.17) is 14.2 Å². The molecule has 0 aromatic heterocycles. The molecule has 0 amide bonds. The van der Waals surface area contributed by atoms with E-state index in [0.717, 1.165) is 89.9 Å². The minimum absolute atomic E-state index is 0.0841. The Bertz CT molecular complexity index is 922. The third-order valence-electron chi connectivity index (χ3n) is 9.84. The fourth-order valence-corrected chi connectivity index (χ4v) is 6.29. The van der Waals surface area contributed by atoms with E-state index in [1.165, 1.54) is 103 Å². The minimum atomic E-state index is -0.781. The summed E-state index contributed by atoms with van der Waals surface area (Å²) in [7, 11) is 0. The largest absolute Gasteiger partial charge is 0.462 e. The van der Waals surface area contributed by atoms with Gasteiger partial charge in [-0.15, -0.1) is 0 Å². The number of allylic oxidation sites excluding steroid dienone is 6. The van der Waals surface area contributed by atoms with Crippen molar-refractivity contribution < 1.29 is 28.6 Å². The van der Waals surface area contributed by atoms with Crippen LogP contribution in [0, 0.1) is 0 Å². The van der Waals surface area contributed by atoms with Crippen molar-refractivity contribution in [1.82, 2.24) is 0 Å². The van der Waals surface area contributed by atoms with Crippen LogP contribution in [0.15, 0.2) is 36.5 Å². The van der Waals surface area contributed by atoms with E-state index in [0.29, 0.717) is 19.3 Å². The molecule has 0 aromatic rings. The van der Waals surface area contributed by atoms with Gasteiger partial charge in [-0.2, -0.15) is 0 Å². The highest BCUT2D eigenvalue weighted by molar-refractivity contribution is 5.71. The maximum atomic E-state index is 12.7. The third-order valence-corrected chi connectivity index (χ3v) is 9.84. The molecule has 314 valence electrons. The second kappa shape index (κ2) is 43.4. The van der Waals surface area contributed by atoms with E-state index in [1.807, 2.05) is 0 Å². The molecule has 0 saturated heterocycles. The van der Waals surface area contributed by atoms with Gasteiger partial charge >= 0.3 is 17.9 Å². The summed E-state index contributed by atoms with van der Waals surface area (Å²) < 4.78 is 16.7. The van der Waals surface area contributed by atoms with Crippen LogP contribution in [0.3, 0.4) is 0 Å². The molecule has 6 nitrogen and oxygen atoms in total. The van der Waals surface area contributed by atoms with E-state index < -0.39 is 6.10 Å². The second-order valence-electron chi connectivity index (χ2n) is 15.3. The molecule has 0 aliphatic rings. The standard InChI is InChI=1S/C48H86O6/c1-4-7-10-13-16-19-22-24-27-29-32-35-38-41-47(50)53-44-45(43-52-46(49)40-37-34-31-28-25-21-18-15-12-9-6-3)54-48(51)42-39-36-33-30-26-23-20-17-14-11-8-5-2/h15,17-18,20,24,27,45H,4-14,16,19,21-23,25-26,28-44H2,1-3H3/b18-15-,20-17-,27-24-. The van der Waals surface area contributed by atoms with Crippen LogP contribution in [-0.4, -0.2) is 37.2 Å². The lowest BCUT2D eigenvalue weighted by atomic mass is 10.1. The van der Waals surface area contributed by atoms with E-state index in [2.05, 4.69) is 57.2 Å². The highest BCUT2D eigenvalue weighted by Gasteiger charge is 2.19. The van der Waals surface area contributed by atoms with Gasteiger partial charge in [-0.05, 0) is 89.9 Å². The van der Waals surface area contributed by atoms with Gasteiger partial charge in [-0.1, -0.05) is 160 Å². The molecular weight excluding hydrogens is 673 g/mol. The maximum Gasteiger partial charge on any atom is 0.306 e. The van der Waals surface area contributed by atoms with E-state index >= 15 is 0 Å². The number of rotatable bonds is 41. The zero-order chi connectivity index (χ0) is 39.4. The number of carbonyl (C=O) groups excluding carboxylic acids is 3. The second-order valence-corrected chi connectivity index (χ2v) is 15.3. The molecular formula is C48H86O6. The molecule has 0 N–H and O–H groups in total. The number of esters is 3. The number of carbonyl (C=O) groups is 3. The van der Waals surface area contributed by atoms with Crippen molar-refractivity contribution in [2.75, 3.05) is 13.2 Å². The van der Waals surface area contributed by atoms with Crippen molar-refractivity contribution in [3.63, 3.8) is 0 Å². The van der Waals surface area contributed by atoms with Crippen molar-refractivity contribution in [3.8, 4) is 0 Å². The number of ether oxygens (including phenoxy) is 3. The maximum absolute atomic E-state index is 12.7. The molecule has 6 heteroatoms. The number of hydrogen-bond acceptors (Lipinski definition) is 6. The Labute approximate surface area is 334 Å². The molecule has 0 heterocycles. The molecule has 0 radical (unpaired) electrons. The Hall–Kier alpha value is -2.37. The van der Waals surface area contributed by atoms with Gasteiger partial charge in [0.05, 0.1) is 0 Å². The first-order valence-corrected chi connectivity index (χ1v) is 23.0. The summed E-state index contributed by atoms with van der Waals surface area (Å²) in [5.41, 5.74) is 0. The topological polar surface area (TPSA) is 78.9 Å². The Morgan fingerprint density at radius 1 is 0.352 bits per heavy atom. The highest BCUT2D eigenvalue weighted by atomic mass is 16.6. The van der Waals surface area contributed by atoms with Gasteiger partial charge in [0.2, 0.25) is 0 Å². The summed E-state index contributed by atoms with van der Waals surface area (Å²) in [5.74, 6) is -0.918. The molecule has 54 heavy (non-hydrogen) atoms. The van der Waals surface area contributed by atoms with Crippen molar-refractivity contribution in [1.29, 1.82) is 0 Å². The Morgan fingerprint density at radius 2 is 0.630 bits per heavy atom. The normalized spacial score (nSPS) is 12.3. The lowest BCUT2D eigenvalue weighted by Gasteiger charge is -2.18. The molecule has 0 aliphatic carbocycles. The molecule has 0 spiro atoms. The van der Waals surface area contributed by atoms with Crippen LogP contribution >= 0.6 is 0 Å². The molecule has 0 aliphatic heterocycles. The molecule has 1 atom stereocenters. The van der Waals surface area contributed by atoms with Gasteiger partial charge in [0.1, 0.15) is 13.2 Å². The van der Waals surface area contributed by atoms with Crippen LogP contribution < -0.4 is 0 Å². The fourth-order valence-electron chi connectivity index (χ4n) is 6.29. The Kier molecular flexibility index (Phi) is 41.5. The minimum Gasteiger partial charge on any atom is -0.462 e. The first-order valence-electron chi connectivity index (χ1n) is 23.0. The van der Waals surface area contributed by atoms with Gasteiger partial charge < -0.3 is 14.2 Å². The monoisotopic (exact) mass is 759 g/mol. The van der Waals surface area contributed by atoms with Crippen LogP contribution in [0.5, 0.6) is 0 Å². The lowest BCUT2D eigenvalue weighted by molar-refractivity contribution is -0.167. The average Bonchev–Trinajstić information content (AvgIpc) is 3.17. The van der Waals surface area contributed by atoms with Crippen molar-refractivity contribution in [2.24, 2.45) is 0 Å². The average molecular weight is 759 g/mol. The SMILES string of the molecule is CCCC/C=C\CCCCCCCC(=O)OCC(COC(=O)CCCCC/C=C\CCCCCCCC)OC(=O)CCCCCCC/C=C\CCCCC. The van der Waals surface area contributed by atoms with Crippen molar-refractivity contribution >= 4 is 17.9 Å². The smallest absolute Gasteiger partial charge is 0.306 e. The summed E-state index contributed by atoms with van der Waals surface area (Å²) >= 11 is 0. The van der Waals surface area contributed by atoms with Gasteiger partial charge in [-0.25, -0.2) is 0 Å². The summed E-state index contributed by atoms with van der Waals surface area (Å²) in [6, 6.07) is 0. The summed E-state index contributed by atoms with van der Waals surface area (Å²) in [4.78, 5) is 37.7. The summed E-state index contributed by atoms with van der Waals surface area (Å²) in [6.45, 7) is 6.53. The molecule has 0 saturated carbocycles. The zero-order valence-corrected chi connectivity index (χ0v) is 35.7. The Balaban J connectivity index is 4.41. The molecule has 1 unspecified atom stereocenters. The van der Waals surface area contributed by atoms with Gasteiger partial charge in [0.15, 0.2) is 6.10 Å². The van der Waals surface area contributed by atoms with Crippen LogP contribution in [0.2, 0.25) is 0 Å². The molecule has 0 bridgehead atoms. The van der Waals surface area contributed by atoms with Gasteiger partial charge in [0.25, 0.3) is 0 Å². The van der Waals surface area contributed by atoms with E-state index in [9.17, 15) is 14.4 Å². The summed E-state index contributed by atoms with van der Waals surface area (Å²) in [5, 5.41) is 0. The first kappa shape index (κ1) is 51.6. The summed E-state index contributed by atoms with van der Waals surface area (Å²) in [6.07, 6.45) is 48.4. The van der Waals surface area contributed by atoms with Crippen LogP contribution in [-0.2, 0) is 28.6 Å². The third kappa shape index (κ3) is 40.8. The van der Waals surface area contributed by atoms with Crippen LogP contribution in [0.4, 0.5) is 0 Å².